The van der Waals surface area contributed by atoms with E-state index in [4.69, 9.17) is 0 Å². The molecule has 4 heteroatoms. The third-order valence-corrected chi connectivity index (χ3v) is 3.53. The van der Waals surface area contributed by atoms with Gasteiger partial charge in [-0.25, -0.2) is 4.99 Å². The highest BCUT2D eigenvalue weighted by molar-refractivity contribution is 7.98. The van der Waals surface area contributed by atoms with Crippen LogP contribution in [-0.4, -0.2) is 31.1 Å². The first-order valence-electron chi connectivity index (χ1n) is 6.83. The van der Waals surface area contributed by atoms with Crippen molar-refractivity contribution in [2.24, 2.45) is 4.99 Å². The van der Waals surface area contributed by atoms with Gasteiger partial charge < -0.3 is 10.6 Å². The molecule has 0 radical (unpaired) electrons. The Balaban J connectivity index is 2.50. The Morgan fingerprint density at radius 3 is 2.74 bits per heavy atom. The van der Waals surface area contributed by atoms with Gasteiger partial charge in [0.2, 0.25) is 0 Å². The number of nitrogens with zero attached hydrogens (tertiary/aromatic N) is 1. The molecule has 0 spiro atoms. The van der Waals surface area contributed by atoms with Crippen molar-refractivity contribution in [2.75, 3.05) is 25.1 Å². The van der Waals surface area contributed by atoms with Crippen LogP contribution in [0.25, 0.3) is 0 Å². The predicted molar refractivity (Wildman–Crippen MR) is 87.0 cm³/mol. The molecule has 0 heterocycles. The lowest BCUT2D eigenvalue weighted by Gasteiger charge is -2.11. The highest BCUT2D eigenvalue weighted by atomic mass is 32.2. The maximum Gasteiger partial charge on any atom is 0.191 e. The Morgan fingerprint density at radius 1 is 1.26 bits per heavy atom. The summed E-state index contributed by atoms with van der Waals surface area (Å²) in [4.78, 5) is 4.63. The fraction of sp³-hybridized carbons (Fsp3) is 0.533. The van der Waals surface area contributed by atoms with Gasteiger partial charge in [0.25, 0.3) is 0 Å². The minimum absolute atomic E-state index is 0.727. The highest BCUT2D eigenvalue weighted by Crippen LogP contribution is 2.07. The molecule has 3 nitrogen and oxygen atoms in total. The highest BCUT2D eigenvalue weighted by Gasteiger charge is 1.99. The Kier molecular flexibility index (Phi) is 8.14. The lowest BCUT2D eigenvalue weighted by Crippen LogP contribution is -2.37. The summed E-state index contributed by atoms with van der Waals surface area (Å²) in [5.74, 6) is 2.09. The summed E-state index contributed by atoms with van der Waals surface area (Å²) in [6, 6.07) is 8.39. The number of guanidine groups is 1. The van der Waals surface area contributed by atoms with Crippen LogP contribution < -0.4 is 10.6 Å². The Hall–Kier alpha value is -1.16. The van der Waals surface area contributed by atoms with Gasteiger partial charge in [-0.3, -0.25) is 0 Å². The zero-order chi connectivity index (χ0) is 13.9. The maximum absolute atomic E-state index is 4.63. The number of aryl methyl sites for hydroxylation is 1. The molecule has 1 aromatic carbocycles. The number of hydrogen-bond acceptors (Lipinski definition) is 2. The van der Waals surface area contributed by atoms with E-state index in [2.05, 4.69) is 60.0 Å². The molecule has 0 aliphatic rings. The zero-order valence-electron chi connectivity index (χ0n) is 12.2. The Bertz CT molecular complexity index is 391. The second-order valence-electron chi connectivity index (χ2n) is 4.39. The fourth-order valence-corrected chi connectivity index (χ4v) is 2.15. The van der Waals surface area contributed by atoms with Crippen LogP contribution in [0.15, 0.2) is 29.3 Å². The lowest BCUT2D eigenvalue weighted by molar-refractivity contribution is 0.789. The lowest BCUT2D eigenvalue weighted by atomic mass is 10.1. The van der Waals surface area contributed by atoms with Gasteiger partial charge in [0.1, 0.15) is 0 Å². The summed E-state index contributed by atoms with van der Waals surface area (Å²) in [6.45, 7) is 6.81. The molecule has 2 N–H and O–H groups in total. The average molecular weight is 279 g/mol. The molecule has 19 heavy (non-hydrogen) atoms. The average Bonchev–Trinajstić information content (AvgIpc) is 2.42. The minimum atomic E-state index is 0.727. The van der Waals surface area contributed by atoms with Crippen molar-refractivity contribution in [2.45, 2.75) is 26.8 Å². The number of thioether (sulfide) groups is 1. The number of aliphatic imine (C=N–C) groups is 1. The number of hydrogen-bond donors (Lipinski definition) is 2. The topological polar surface area (TPSA) is 36.4 Å². The van der Waals surface area contributed by atoms with E-state index in [0.29, 0.717) is 0 Å². The molecule has 106 valence electrons. The van der Waals surface area contributed by atoms with Crippen LogP contribution in [-0.2, 0) is 6.54 Å². The Morgan fingerprint density at radius 2 is 2.05 bits per heavy atom. The standard InChI is InChI=1S/C15H25N3S/c1-4-16-15(17-10-7-11-19-3)18-12-14-9-6-5-8-13(14)2/h5-6,8-9H,4,7,10-12H2,1-3H3,(H2,16,17,18). The molecule has 0 saturated carbocycles. The van der Waals surface area contributed by atoms with Crippen molar-refractivity contribution < 1.29 is 0 Å². The second-order valence-corrected chi connectivity index (χ2v) is 5.38. The van der Waals surface area contributed by atoms with Crippen LogP contribution in [0.2, 0.25) is 0 Å². The van der Waals surface area contributed by atoms with E-state index in [1.165, 1.54) is 16.9 Å². The molecule has 0 bridgehead atoms. The van der Waals surface area contributed by atoms with Gasteiger partial charge in [-0.1, -0.05) is 24.3 Å². The molecule has 1 aromatic rings. The third kappa shape index (κ3) is 6.53. The van der Waals surface area contributed by atoms with Crippen molar-refractivity contribution in [3.05, 3.63) is 35.4 Å². The normalized spacial score (nSPS) is 11.4. The molecule has 0 aliphatic heterocycles. The third-order valence-electron chi connectivity index (χ3n) is 2.83. The molecular weight excluding hydrogens is 254 g/mol. The summed E-state index contributed by atoms with van der Waals surface area (Å²) in [7, 11) is 0. The first kappa shape index (κ1) is 15.9. The first-order chi connectivity index (χ1) is 9.27. The number of rotatable bonds is 7. The van der Waals surface area contributed by atoms with Gasteiger partial charge in [0.05, 0.1) is 6.54 Å². The monoisotopic (exact) mass is 279 g/mol. The summed E-state index contributed by atoms with van der Waals surface area (Å²) in [5.41, 5.74) is 2.58. The molecular formula is C15H25N3S. The van der Waals surface area contributed by atoms with E-state index < -0.39 is 0 Å². The van der Waals surface area contributed by atoms with Crippen molar-refractivity contribution in [3.63, 3.8) is 0 Å². The number of benzene rings is 1. The second kappa shape index (κ2) is 9.73. The summed E-state index contributed by atoms with van der Waals surface area (Å²) in [5, 5.41) is 6.65. The van der Waals surface area contributed by atoms with Crippen molar-refractivity contribution >= 4 is 17.7 Å². The molecule has 0 fully saturated rings. The molecule has 0 unspecified atom stereocenters. The summed E-state index contributed by atoms with van der Waals surface area (Å²) >= 11 is 1.88. The molecule has 0 saturated heterocycles. The van der Waals surface area contributed by atoms with Crippen molar-refractivity contribution in [3.8, 4) is 0 Å². The summed E-state index contributed by atoms with van der Waals surface area (Å²) < 4.78 is 0. The quantitative estimate of drug-likeness (QED) is 0.458. The van der Waals surface area contributed by atoms with Crippen LogP contribution in [0.4, 0.5) is 0 Å². The predicted octanol–water partition coefficient (Wildman–Crippen LogP) is 2.80. The fourth-order valence-electron chi connectivity index (χ4n) is 1.72. The van der Waals surface area contributed by atoms with Gasteiger partial charge in [-0.2, -0.15) is 11.8 Å². The maximum atomic E-state index is 4.63. The largest absolute Gasteiger partial charge is 0.357 e. The first-order valence-corrected chi connectivity index (χ1v) is 8.23. The van der Waals surface area contributed by atoms with Crippen LogP contribution in [0.1, 0.15) is 24.5 Å². The van der Waals surface area contributed by atoms with E-state index in [9.17, 15) is 0 Å². The molecule has 0 atom stereocenters. The van der Waals surface area contributed by atoms with E-state index in [-0.39, 0.29) is 0 Å². The smallest absolute Gasteiger partial charge is 0.191 e. The molecule has 0 aromatic heterocycles. The molecule has 0 aliphatic carbocycles. The van der Waals surface area contributed by atoms with Crippen LogP contribution >= 0.6 is 11.8 Å². The van der Waals surface area contributed by atoms with Crippen LogP contribution in [0.5, 0.6) is 0 Å². The van der Waals surface area contributed by atoms with Gasteiger partial charge >= 0.3 is 0 Å². The molecule has 0 amide bonds. The van der Waals surface area contributed by atoms with Crippen LogP contribution in [0.3, 0.4) is 0 Å². The van der Waals surface area contributed by atoms with E-state index in [1.54, 1.807) is 0 Å². The van der Waals surface area contributed by atoms with Crippen LogP contribution in [0, 0.1) is 6.92 Å². The number of nitrogens with one attached hydrogen (secondary N) is 2. The minimum Gasteiger partial charge on any atom is -0.357 e. The van der Waals surface area contributed by atoms with Gasteiger partial charge in [0.15, 0.2) is 5.96 Å². The van der Waals surface area contributed by atoms with Crippen molar-refractivity contribution in [1.82, 2.24) is 10.6 Å². The van der Waals surface area contributed by atoms with E-state index in [0.717, 1.165) is 32.0 Å². The zero-order valence-corrected chi connectivity index (χ0v) is 13.0. The van der Waals surface area contributed by atoms with Crippen molar-refractivity contribution in [1.29, 1.82) is 0 Å². The SMILES string of the molecule is CCNC(=NCc1ccccc1C)NCCCSC. The van der Waals surface area contributed by atoms with E-state index in [1.807, 2.05) is 11.8 Å². The van der Waals surface area contributed by atoms with Gasteiger partial charge in [-0.15, -0.1) is 0 Å². The molecule has 1 rings (SSSR count). The van der Waals surface area contributed by atoms with Gasteiger partial charge in [-0.05, 0) is 43.4 Å². The van der Waals surface area contributed by atoms with E-state index >= 15 is 0 Å². The summed E-state index contributed by atoms with van der Waals surface area (Å²) in [6.07, 6.45) is 3.30. The van der Waals surface area contributed by atoms with Gasteiger partial charge in [0, 0.05) is 13.1 Å². The Labute approximate surface area is 121 Å².